The Bertz CT molecular complexity index is 838. The molecular weight excluding hydrogens is 386 g/mol. The first-order valence-electron chi connectivity index (χ1n) is 8.79. The second-order valence-electron chi connectivity index (χ2n) is 7.53. The van der Waals surface area contributed by atoms with E-state index < -0.39 is 38.4 Å². The van der Waals surface area contributed by atoms with Crippen molar-refractivity contribution >= 4 is 15.7 Å². The van der Waals surface area contributed by atoms with Crippen molar-refractivity contribution in [1.29, 1.82) is 0 Å². The van der Waals surface area contributed by atoms with Crippen molar-refractivity contribution in [1.82, 2.24) is 5.32 Å². The molecule has 3 rings (SSSR count). The summed E-state index contributed by atoms with van der Waals surface area (Å²) in [7, 11) is -4.23. The SMILES string of the molecule is Cc1cccc(S(=O)(=O)[C@]2(F)CC[C@H](NC(=O)C3(C(F)(F)F)CC3)CC2)c1. The number of hydrogen-bond donors (Lipinski definition) is 1. The lowest BCUT2D eigenvalue weighted by Gasteiger charge is -2.34. The van der Waals surface area contributed by atoms with Crippen LogP contribution in [0.1, 0.15) is 44.1 Å². The van der Waals surface area contributed by atoms with E-state index >= 15 is 4.39 Å². The van der Waals surface area contributed by atoms with E-state index in [1.165, 1.54) is 18.2 Å². The molecule has 0 aliphatic heterocycles. The Hall–Kier alpha value is -1.64. The maximum Gasteiger partial charge on any atom is 0.403 e. The van der Waals surface area contributed by atoms with Gasteiger partial charge in [0.15, 0.2) is 0 Å². The lowest BCUT2D eigenvalue weighted by Crippen LogP contribution is -2.49. The van der Waals surface area contributed by atoms with Gasteiger partial charge in [0.05, 0.1) is 4.90 Å². The van der Waals surface area contributed by atoms with Crippen LogP contribution in [0.4, 0.5) is 17.6 Å². The summed E-state index contributed by atoms with van der Waals surface area (Å²) in [5.41, 5.74) is -1.65. The largest absolute Gasteiger partial charge is 0.403 e. The molecule has 150 valence electrons. The van der Waals surface area contributed by atoms with Crippen molar-refractivity contribution in [3.63, 3.8) is 0 Å². The van der Waals surface area contributed by atoms with E-state index in [9.17, 15) is 26.4 Å². The zero-order chi connectivity index (χ0) is 20.1. The van der Waals surface area contributed by atoms with E-state index in [0.29, 0.717) is 5.56 Å². The zero-order valence-corrected chi connectivity index (χ0v) is 15.6. The molecule has 0 unspecified atom stereocenters. The molecular formula is C18H21F4NO3S. The molecule has 2 saturated carbocycles. The minimum Gasteiger partial charge on any atom is -0.353 e. The summed E-state index contributed by atoms with van der Waals surface area (Å²) in [6.07, 6.45) is -5.89. The topological polar surface area (TPSA) is 63.2 Å². The molecule has 0 aromatic heterocycles. The van der Waals surface area contributed by atoms with Gasteiger partial charge in [-0.15, -0.1) is 0 Å². The van der Waals surface area contributed by atoms with Crippen LogP contribution in [0.15, 0.2) is 29.2 Å². The molecule has 0 spiro atoms. The van der Waals surface area contributed by atoms with Gasteiger partial charge in [0.25, 0.3) is 0 Å². The molecule has 2 aliphatic rings. The maximum atomic E-state index is 15.2. The third kappa shape index (κ3) is 3.46. The molecule has 2 fully saturated rings. The van der Waals surface area contributed by atoms with Crippen LogP contribution in [-0.2, 0) is 14.6 Å². The van der Waals surface area contributed by atoms with Gasteiger partial charge in [-0.1, -0.05) is 12.1 Å². The van der Waals surface area contributed by atoms with Crippen LogP contribution in [0.5, 0.6) is 0 Å². The minimum absolute atomic E-state index is 0.0266. The van der Waals surface area contributed by atoms with Gasteiger partial charge in [-0.25, -0.2) is 12.8 Å². The Morgan fingerprint density at radius 1 is 1.15 bits per heavy atom. The predicted octanol–water partition coefficient (Wildman–Crippen LogP) is 3.84. The van der Waals surface area contributed by atoms with Gasteiger partial charge in [0.1, 0.15) is 5.41 Å². The maximum absolute atomic E-state index is 15.2. The van der Waals surface area contributed by atoms with Crippen molar-refractivity contribution in [2.24, 2.45) is 5.41 Å². The Morgan fingerprint density at radius 2 is 1.74 bits per heavy atom. The molecule has 0 saturated heterocycles. The summed E-state index contributed by atoms with van der Waals surface area (Å²) < 4.78 is 79.6. The molecule has 0 heterocycles. The van der Waals surface area contributed by atoms with Gasteiger partial charge < -0.3 is 5.32 Å². The number of alkyl halides is 4. The van der Waals surface area contributed by atoms with Crippen LogP contribution in [-0.4, -0.2) is 31.5 Å². The molecule has 0 bridgehead atoms. The Labute approximate surface area is 155 Å². The summed E-state index contributed by atoms with van der Waals surface area (Å²) in [5, 5.41) is -0.137. The summed E-state index contributed by atoms with van der Waals surface area (Å²) in [4.78, 5) is 11.9. The molecule has 27 heavy (non-hydrogen) atoms. The average molecular weight is 407 g/mol. The molecule has 1 N–H and O–H groups in total. The second kappa shape index (κ2) is 6.46. The lowest BCUT2D eigenvalue weighted by atomic mass is 9.92. The lowest BCUT2D eigenvalue weighted by molar-refractivity contribution is -0.192. The third-order valence-electron chi connectivity index (χ3n) is 5.58. The molecule has 0 radical (unpaired) electrons. The highest BCUT2D eigenvalue weighted by Gasteiger charge is 2.68. The van der Waals surface area contributed by atoms with Crippen LogP contribution < -0.4 is 5.32 Å². The fourth-order valence-electron chi connectivity index (χ4n) is 3.54. The van der Waals surface area contributed by atoms with E-state index in [2.05, 4.69) is 5.32 Å². The first-order valence-corrected chi connectivity index (χ1v) is 10.3. The number of hydrogen-bond acceptors (Lipinski definition) is 3. The minimum atomic E-state index is -4.61. The molecule has 1 amide bonds. The molecule has 1 aromatic rings. The predicted molar refractivity (Wildman–Crippen MR) is 90.3 cm³/mol. The Morgan fingerprint density at radius 3 is 2.22 bits per heavy atom. The summed E-state index contributed by atoms with van der Waals surface area (Å²) in [6.45, 7) is 1.70. The fraction of sp³-hybridized carbons (Fsp3) is 0.611. The number of carbonyl (C=O) groups excluding carboxylic acids is 1. The first-order chi connectivity index (χ1) is 12.4. The highest BCUT2D eigenvalue weighted by molar-refractivity contribution is 7.92. The van der Waals surface area contributed by atoms with Crippen LogP contribution >= 0.6 is 0 Å². The normalized spacial score (nSPS) is 27.8. The Kier molecular flexibility index (Phi) is 4.81. The van der Waals surface area contributed by atoms with Gasteiger partial charge in [-0.05, 0) is 63.1 Å². The van der Waals surface area contributed by atoms with Crippen molar-refractivity contribution in [3.05, 3.63) is 29.8 Å². The summed E-state index contributed by atoms with van der Waals surface area (Å²) in [5.74, 6) is -1.09. The van der Waals surface area contributed by atoms with Crippen molar-refractivity contribution in [2.75, 3.05) is 0 Å². The van der Waals surface area contributed by atoms with Gasteiger partial charge in [-0.3, -0.25) is 4.79 Å². The third-order valence-corrected chi connectivity index (χ3v) is 7.82. The van der Waals surface area contributed by atoms with Gasteiger partial charge in [-0.2, -0.15) is 13.2 Å². The molecule has 4 nitrogen and oxygen atoms in total. The van der Waals surface area contributed by atoms with E-state index in [4.69, 9.17) is 0 Å². The number of amides is 1. The number of carbonyl (C=O) groups is 1. The van der Waals surface area contributed by atoms with Crippen LogP contribution in [0, 0.1) is 12.3 Å². The van der Waals surface area contributed by atoms with Crippen molar-refractivity contribution < 1.29 is 30.8 Å². The number of halogens is 4. The van der Waals surface area contributed by atoms with Crippen LogP contribution in [0.2, 0.25) is 0 Å². The molecule has 0 atom stereocenters. The number of benzene rings is 1. The van der Waals surface area contributed by atoms with Crippen molar-refractivity contribution in [2.45, 2.75) is 67.6 Å². The molecule has 1 aromatic carbocycles. The average Bonchev–Trinajstić information content (AvgIpc) is 3.38. The highest BCUT2D eigenvalue weighted by atomic mass is 32.2. The zero-order valence-electron chi connectivity index (χ0n) is 14.8. The van der Waals surface area contributed by atoms with Gasteiger partial charge in [0, 0.05) is 6.04 Å². The van der Waals surface area contributed by atoms with E-state index in [-0.39, 0.29) is 43.4 Å². The van der Waals surface area contributed by atoms with Gasteiger partial charge in [0.2, 0.25) is 20.7 Å². The second-order valence-corrected chi connectivity index (χ2v) is 9.74. The highest BCUT2D eigenvalue weighted by Crippen LogP contribution is 2.57. The number of nitrogens with one attached hydrogen (secondary N) is 1. The van der Waals surface area contributed by atoms with Crippen LogP contribution in [0.3, 0.4) is 0 Å². The smallest absolute Gasteiger partial charge is 0.353 e. The molecule has 2 aliphatic carbocycles. The monoisotopic (exact) mass is 407 g/mol. The number of aryl methyl sites for hydroxylation is 1. The van der Waals surface area contributed by atoms with E-state index in [1.54, 1.807) is 13.0 Å². The van der Waals surface area contributed by atoms with Crippen LogP contribution in [0.25, 0.3) is 0 Å². The number of sulfone groups is 1. The van der Waals surface area contributed by atoms with E-state index in [0.717, 1.165) is 0 Å². The van der Waals surface area contributed by atoms with Crippen molar-refractivity contribution in [3.8, 4) is 0 Å². The standard InChI is InChI=1S/C18H21F4NO3S/c1-12-3-2-4-14(11-12)27(25,26)17(19)7-5-13(6-8-17)23-15(24)16(9-10-16)18(20,21)22/h2-4,11,13H,5-10H2,1H3,(H,23,24)/t13-,17+. The van der Waals surface area contributed by atoms with Gasteiger partial charge >= 0.3 is 6.18 Å². The Balaban J connectivity index is 1.67. The summed E-state index contributed by atoms with van der Waals surface area (Å²) >= 11 is 0. The van der Waals surface area contributed by atoms with E-state index in [1.807, 2.05) is 0 Å². The number of rotatable bonds is 4. The quantitative estimate of drug-likeness (QED) is 0.772. The summed E-state index contributed by atoms with van der Waals surface area (Å²) in [6, 6.07) is 5.30. The fourth-order valence-corrected chi connectivity index (χ4v) is 5.34. The molecule has 9 heteroatoms. The first kappa shape index (κ1) is 20.1.